The molecule has 0 fully saturated rings. The standard InChI is InChI=1S/C12H13NO2S/c1-15-11-4-2-3-10(7-11)12(14)8-13-5-6-16-9-13/h2-7H,8-9H2,1H3. The van der Waals surface area contributed by atoms with Crippen molar-refractivity contribution in [1.82, 2.24) is 4.90 Å². The van der Waals surface area contributed by atoms with Gasteiger partial charge in [-0.25, -0.2) is 0 Å². The summed E-state index contributed by atoms with van der Waals surface area (Å²) in [6, 6.07) is 7.26. The number of thioether (sulfide) groups is 1. The SMILES string of the molecule is COc1cccc(C(=O)CN2C=CSC2)c1. The summed E-state index contributed by atoms with van der Waals surface area (Å²) in [6.45, 7) is 0.427. The van der Waals surface area contributed by atoms with Crippen LogP contribution in [0.4, 0.5) is 0 Å². The number of carbonyl (C=O) groups is 1. The van der Waals surface area contributed by atoms with E-state index in [0.717, 1.165) is 11.6 Å². The quantitative estimate of drug-likeness (QED) is 0.749. The maximum atomic E-state index is 11.9. The first-order valence-corrected chi connectivity index (χ1v) is 6.04. The lowest BCUT2D eigenvalue weighted by Crippen LogP contribution is -2.22. The molecule has 0 aliphatic carbocycles. The molecule has 1 heterocycles. The van der Waals surface area contributed by atoms with Gasteiger partial charge in [0.2, 0.25) is 0 Å². The second-order valence-corrected chi connectivity index (χ2v) is 4.35. The van der Waals surface area contributed by atoms with E-state index in [1.807, 2.05) is 34.7 Å². The zero-order valence-electron chi connectivity index (χ0n) is 9.05. The molecule has 1 aliphatic heterocycles. The van der Waals surface area contributed by atoms with Crippen molar-refractivity contribution in [2.75, 3.05) is 19.5 Å². The highest BCUT2D eigenvalue weighted by Gasteiger charge is 2.12. The van der Waals surface area contributed by atoms with Crippen molar-refractivity contribution >= 4 is 17.5 Å². The highest BCUT2D eigenvalue weighted by molar-refractivity contribution is 8.02. The summed E-state index contributed by atoms with van der Waals surface area (Å²) in [5.41, 5.74) is 0.699. The van der Waals surface area contributed by atoms with Gasteiger partial charge < -0.3 is 9.64 Å². The van der Waals surface area contributed by atoms with Gasteiger partial charge in [0.1, 0.15) is 5.75 Å². The van der Waals surface area contributed by atoms with Crippen LogP contribution in [0.1, 0.15) is 10.4 Å². The number of rotatable bonds is 4. The lowest BCUT2D eigenvalue weighted by atomic mass is 10.1. The molecule has 0 saturated heterocycles. The summed E-state index contributed by atoms with van der Waals surface area (Å²) in [4.78, 5) is 13.9. The van der Waals surface area contributed by atoms with Gasteiger partial charge in [-0.15, -0.1) is 11.8 Å². The number of hydrogen-bond acceptors (Lipinski definition) is 4. The number of benzene rings is 1. The highest BCUT2D eigenvalue weighted by atomic mass is 32.2. The van der Waals surface area contributed by atoms with E-state index in [1.54, 1.807) is 24.9 Å². The Kier molecular flexibility index (Phi) is 3.51. The number of hydrogen-bond donors (Lipinski definition) is 0. The predicted octanol–water partition coefficient (Wildman–Crippen LogP) is 2.36. The van der Waals surface area contributed by atoms with Crippen LogP contribution in [0.3, 0.4) is 0 Å². The third-order valence-electron chi connectivity index (χ3n) is 2.35. The Hall–Kier alpha value is -1.42. The van der Waals surface area contributed by atoms with E-state index < -0.39 is 0 Å². The fourth-order valence-corrected chi connectivity index (χ4v) is 2.19. The second kappa shape index (κ2) is 5.07. The third kappa shape index (κ3) is 2.58. The zero-order valence-corrected chi connectivity index (χ0v) is 9.87. The van der Waals surface area contributed by atoms with Crippen molar-refractivity contribution in [3.8, 4) is 5.75 Å². The first-order chi connectivity index (χ1) is 7.79. The van der Waals surface area contributed by atoms with Crippen LogP contribution in [0.2, 0.25) is 0 Å². The fourth-order valence-electron chi connectivity index (χ4n) is 1.48. The zero-order chi connectivity index (χ0) is 11.4. The summed E-state index contributed by atoms with van der Waals surface area (Å²) in [7, 11) is 1.60. The Morgan fingerprint density at radius 1 is 1.56 bits per heavy atom. The van der Waals surface area contributed by atoms with Crippen molar-refractivity contribution in [1.29, 1.82) is 0 Å². The van der Waals surface area contributed by atoms with Crippen LogP contribution in [-0.2, 0) is 0 Å². The lowest BCUT2D eigenvalue weighted by Gasteiger charge is -2.13. The van der Waals surface area contributed by atoms with Crippen molar-refractivity contribution in [3.63, 3.8) is 0 Å². The Balaban J connectivity index is 2.04. The maximum absolute atomic E-state index is 11.9. The smallest absolute Gasteiger partial charge is 0.182 e. The van der Waals surface area contributed by atoms with Crippen molar-refractivity contribution in [2.24, 2.45) is 0 Å². The fraction of sp³-hybridized carbons (Fsp3) is 0.250. The molecule has 0 spiro atoms. The van der Waals surface area contributed by atoms with Crippen LogP contribution in [0.5, 0.6) is 5.75 Å². The molecule has 2 rings (SSSR count). The van der Waals surface area contributed by atoms with Crippen molar-refractivity contribution in [3.05, 3.63) is 41.4 Å². The predicted molar refractivity (Wildman–Crippen MR) is 65.6 cm³/mol. The van der Waals surface area contributed by atoms with E-state index >= 15 is 0 Å². The first kappa shape index (κ1) is 11.1. The monoisotopic (exact) mass is 235 g/mol. The summed E-state index contributed by atoms with van der Waals surface area (Å²) >= 11 is 1.70. The molecule has 16 heavy (non-hydrogen) atoms. The van der Waals surface area contributed by atoms with Crippen LogP contribution in [0.25, 0.3) is 0 Å². The Labute approximate surface area is 99.1 Å². The minimum absolute atomic E-state index is 0.117. The third-order valence-corrected chi connectivity index (χ3v) is 3.14. The van der Waals surface area contributed by atoms with Gasteiger partial charge in [0.15, 0.2) is 5.78 Å². The number of Topliss-reactive ketones (excluding diaryl/α,β-unsaturated/α-hetero) is 1. The Morgan fingerprint density at radius 3 is 3.12 bits per heavy atom. The van der Waals surface area contributed by atoms with Crippen LogP contribution >= 0.6 is 11.8 Å². The molecular formula is C12H13NO2S. The van der Waals surface area contributed by atoms with E-state index in [9.17, 15) is 4.79 Å². The van der Waals surface area contributed by atoms with E-state index in [1.165, 1.54) is 0 Å². The molecule has 0 amide bonds. The Bertz CT molecular complexity index is 417. The molecule has 0 atom stereocenters. The number of nitrogens with zero attached hydrogens (tertiary/aromatic N) is 1. The Morgan fingerprint density at radius 2 is 2.44 bits per heavy atom. The number of carbonyl (C=O) groups excluding carboxylic acids is 1. The molecule has 0 radical (unpaired) electrons. The molecule has 1 aliphatic rings. The molecule has 4 heteroatoms. The molecule has 84 valence electrons. The van der Waals surface area contributed by atoms with Gasteiger partial charge in [-0.3, -0.25) is 4.79 Å². The largest absolute Gasteiger partial charge is 0.497 e. The van der Waals surface area contributed by atoms with E-state index in [2.05, 4.69) is 0 Å². The van der Waals surface area contributed by atoms with E-state index in [4.69, 9.17) is 4.74 Å². The van der Waals surface area contributed by atoms with Gasteiger partial charge in [0.05, 0.1) is 19.5 Å². The van der Waals surface area contributed by atoms with Gasteiger partial charge in [-0.05, 0) is 17.5 Å². The van der Waals surface area contributed by atoms with Crippen LogP contribution in [0.15, 0.2) is 35.9 Å². The van der Waals surface area contributed by atoms with Gasteiger partial charge >= 0.3 is 0 Å². The number of ketones is 1. The first-order valence-electron chi connectivity index (χ1n) is 4.99. The van der Waals surface area contributed by atoms with Gasteiger partial charge in [-0.1, -0.05) is 12.1 Å². The highest BCUT2D eigenvalue weighted by Crippen LogP contribution is 2.17. The van der Waals surface area contributed by atoms with Crippen molar-refractivity contribution < 1.29 is 9.53 Å². The second-order valence-electron chi connectivity index (χ2n) is 3.48. The molecule has 0 bridgehead atoms. The molecule has 1 aromatic rings. The van der Waals surface area contributed by atoms with Gasteiger partial charge in [0.25, 0.3) is 0 Å². The molecular weight excluding hydrogens is 222 g/mol. The number of methoxy groups -OCH3 is 1. The minimum Gasteiger partial charge on any atom is -0.497 e. The topological polar surface area (TPSA) is 29.5 Å². The summed E-state index contributed by atoms with van der Waals surface area (Å²) in [6.07, 6.45) is 1.95. The molecule has 0 unspecified atom stereocenters. The molecule has 0 N–H and O–H groups in total. The van der Waals surface area contributed by atoms with Crippen LogP contribution < -0.4 is 4.74 Å². The van der Waals surface area contributed by atoms with Crippen LogP contribution in [0, 0.1) is 0 Å². The maximum Gasteiger partial charge on any atom is 0.182 e. The minimum atomic E-state index is 0.117. The van der Waals surface area contributed by atoms with E-state index in [-0.39, 0.29) is 5.78 Å². The molecule has 3 nitrogen and oxygen atoms in total. The van der Waals surface area contributed by atoms with E-state index in [0.29, 0.717) is 12.1 Å². The molecule has 0 saturated carbocycles. The molecule has 0 aromatic heterocycles. The average molecular weight is 235 g/mol. The van der Waals surface area contributed by atoms with Crippen molar-refractivity contribution in [2.45, 2.75) is 0 Å². The van der Waals surface area contributed by atoms with Crippen LogP contribution in [-0.4, -0.2) is 30.2 Å². The molecule has 1 aromatic carbocycles. The average Bonchev–Trinajstić information content (AvgIpc) is 2.82. The lowest BCUT2D eigenvalue weighted by molar-refractivity contribution is 0.0963. The van der Waals surface area contributed by atoms with Gasteiger partial charge in [-0.2, -0.15) is 0 Å². The normalized spacial score (nSPS) is 14.2. The summed E-state index contributed by atoms with van der Waals surface area (Å²) in [5, 5.41) is 2.00. The summed E-state index contributed by atoms with van der Waals surface area (Å²) < 4.78 is 5.09. The van der Waals surface area contributed by atoms with Gasteiger partial charge in [0, 0.05) is 11.8 Å². The number of ether oxygens (including phenoxy) is 1. The summed E-state index contributed by atoms with van der Waals surface area (Å²) in [5.74, 6) is 1.69.